The van der Waals surface area contributed by atoms with Gasteiger partial charge in [-0.15, -0.1) is 11.3 Å². The summed E-state index contributed by atoms with van der Waals surface area (Å²) in [6.07, 6.45) is 3.52. The summed E-state index contributed by atoms with van der Waals surface area (Å²) in [5, 5.41) is 8.33. The van der Waals surface area contributed by atoms with E-state index in [0.717, 1.165) is 33.3 Å². The molecule has 5 rings (SSSR count). The smallest absolute Gasteiger partial charge is 0.332 e. The first-order chi connectivity index (χ1) is 17.6. The zero-order valence-electron chi connectivity index (χ0n) is 20.9. The number of amides is 1. The summed E-state index contributed by atoms with van der Waals surface area (Å²) in [4.78, 5) is 55.5. The molecule has 1 amide bonds. The summed E-state index contributed by atoms with van der Waals surface area (Å²) in [5.41, 5.74) is 0.970. The summed E-state index contributed by atoms with van der Waals surface area (Å²) < 4.78 is 6.46. The second-order valence-electron chi connectivity index (χ2n) is 9.44. The van der Waals surface area contributed by atoms with Gasteiger partial charge in [-0.3, -0.25) is 28.2 Å². The molecule has 0 radical (unpaired) electrons. The molecule has 0 bridgehead atoms. The van der Waals surface area contributed by atoms with Gasteiger partial charge in [0, 0.05) is 28.4 Å². The lowest BCUT2D eigenvalue weighted by Crippen LogP contribution is -2.56. The number of likely N-dealkylation sites (tertiary alicyclic amines) is 1. The minimum atomic E-state index is -0.359. The summed E-state index contributed by atoms with van der Waals surface area (Å²) in [6.45, 7) is 10.3. The van der Waals surface area contributed by atoms with Crippen LogP contribution in [0.2, 0.25) is 0 Å². The fraction of sp³-hybridized carbons (Fsp3) is 0.400. The van der Waals surface area contributed by atoms with Crippen LogP contribution < -0.4 is 16.0 Å². The number of hydrogen-bond acceptors (Lipinski definition) is 8. The third-order valence-corrected chi connectivity index (χ3v) is 8.72. The number of thiazole rings is 1. The second kappa shape index (κ2) is 10.6. The Hall–Kier alpha value is -3.22. The number of aryl methyl sites for hydroxylation is 2. The van der Waals surface area contributed by atoms with E-state index in [1.807, 2.05) is 32.0 Å². The first kappa shape index (κ1) is 26.8. The van der Waals surface area contributed by atoms with Crippen LogP contribution in [0.4, 0.5) is 0 Å². The van der Waals surface area contributed by atoms with Crippen LogP contribution in [-0.2, 0) is 16.1 Å². The molecule has 3 aromatic rings. The van der Waals surface area contributed by atoms with E-state index in [-0.39, 0.29) is 35.2 Å². The van der Waals surface area contributed by atoms with E-state index in [4.69, 9.17) is 9.90 Å². The molecule has 1 saturated carbocycles. The van der Waals surface area contributed by atoms with Crippen molar-refractivity contribution in [2.75, 3.05) is 13.1 Å². The second-order valence-corrected chi connectivity index (χ2v) is 11.6. The Balaban J connectivity index is 0.00000102. The van der Waals surface area contributed by atoms with E-state index >= 15 is 0 Å². The van der Waals surface area contributed by atoms with Gasteiger partial charge in [-0.2, -0.15) is 0 Å². The number of aromatic nitrogens is 3. The minimum absolute atomic E-state index is 0.146. The van der Waals surface area contributed by atoms with E-state index in [9.17, 15) is 14.4 Å². The molecule has 1 aliphatic heterocycles. The Kier molecular flexibility index (Phi) is 7.72. The van der Waals surface area contributed by atoms with Crippen LogP contribution in [0.25, 0.3) is 10.9 Å². The van der Waals surface area contributed by atoms with Crippen LogP contribution in [0.3, 0.4) is 0 Å². The van der Waals surface area contributed by atoms with Crippen LogP contribution in [0.1, 0.15) is 41.4 Å². The lowest BCUT2D eigenvalue weighted by molar-refractivity contribution is -0.131. The lowest BCUT2D eigenvalue weighted by Gasteiger charge is -2.39. The van der Waals surface area contributed by atoms with Crippen molar-refractivity contribution in [2.24, 2.45) is 0 Å². The standard InChI is InChI=1S/C24H27N5O3S2.CH2O2/c1-5-21(30)27-11-16(12-27)29-22(31)18-10-17(34-26-24(4)8-9-24)6-7-19(18)28(23(29)32)13-20-14(2)25-15(3)33-20;2-1-3/h5-7,10,16,26H,1,8-9,11-13H2,2-4H3;1H,(H,2,3). The Morgan fingerprint density at radius 3 is 2.57 bits per heavy atom. The molecule has 0 spiro atoms. The van der Waals surface area contributed by atoms with Gasteiger partial charge in [-0.1, -0.05) is 6.58 Å². The third-order valence-electron chi connectivity index (χ3n) is 6.58. The molecule has 196 valence electrons. The van der Waals surface area contributed by atoms with Crippen molar-refractivity contribution in [3.05, 3.63) is 67.3 Å². The van der Waals surface area contributed by atoms with Gasteiger partial charge in [0.1, 0.15) is 0 Å². The van der Waals surface area contributed by atoms with E-state index in [1.165, 1.54) is 22.6 Å². The van der Waals surface area contributed by atoms with Gasteiger partial charge in [-0.05, 0) is 69.8 Å². The molecule has 0 atom stereocenters. The van der Waals surface area contributed by atoms with Crippen molar-refractivity contribution in [2.45, 2.75) is 56.6 Å². The van der Waals surface area contributed by atoms with Gasteiger partial charge in [0.2, 0.25) is 5.91 Å². The fourth-order valence-electron chi connectivity index (χ4n) is 4.17. The maximum atomic E-state index is 13.6. The zero-order chi connectivity index (χ0) is 26.9. The Morgan fingerprint density at radius 2 is 2.00 bits per heavy atom. The predicted octanol–water partition coefficient (Wildman–Crippen LogP) is 2.70. The molecule has 2 aliphatic rings. The Bertz CT molecular complexity index is 1480. The van der Waals surface area contributed by atoms with Gasteiger partial charge >= 0.3 is 5.69 Å². The molecule has 10 nitrogen and oxygen atoms in total. The Labute approximate surface area is 221 Å². The third kappa shape index (κ3) is 5.55. The highest BCUT2D eigenvalue weighted by atomic mass is 32.2. The van der Waals surface area contributed by atoms with E-state index in [2.05, 4.69) is 23.2 Å². The quantitative estimate of drug-likeness (QED) is 0.265. The van der Waals surface area contributed by atoms with Crippen molar-refractivity contribution in [1.29, 1.82) is 0 Å². The molecule has 3 heterocycles. The number of carboxylic acid groups (broad SMARTS) is 1. The Morgan fingerprint density at radius 1 is 1.32 bits per heavy atom. The largest absolute Gasteiger partial charge is 0.483 e. The van der Waals surface area contributed by atoms with Crippen molar-refractivity contribution >= 4 is 46.6 Å². The molecule has 2 fully saturated rings. The van der Waals surface area contributed by atoms with Gasteiger partial charge in [0.25, 0.3) is 12.0 Å². The van der Waals surface area contributed by atoms with E-state index in [1.54, 1.807) is 20.8 Å². The van der Waals surface area contributed by atoms with Gasteiger partial charge < -0.3 is 10.0 Å². The first-order valence-corrected chi connectivity index (χ1v) is 13.4. The molecule has 12 heteroatoms. The monoisotopic (exact) mass is 543 g/mol. The van der Waals surface area contributed by atoms with Crippen molar-refractivity contribution in [1.82, 2.24) is 23.7 Å². The summed E-state index contributed by atoms with van der Waals surface area (Å²) >= 11 is 3.07. The fourth-order valence-corrected chi connectivity index (χ4v) is 5.98. The van der Waals surface area contributed by atoms with E-state index < -0.39 is 0 Å². The molecular weight excluding hydrogens is 514 g/mol. The number of carbonyl (C=O) groups excluding carboxylic acids is 1. The maximum Gasteiger partial charge on any atom is 0.332 e. The predicted molar refractivity (Wildman–Crippen MR) is 144 cm³/mol. The van der Waals surface area contributed by atoms with Crippen LogP contribution >= 0.6 is 23.3 Å². The highest BCUT2D eigenvalue weighted by molar-refractivity contribution is 7.97. The number of fused-ring (bicyclic) bond motifs is 1. The summed E-state index contributed by atoms with van der Waals surface area (Å²) in [6, 6.07) is 5.32. The highest BCUT2D eigenvalue weighted by Gasteiger charge is 2.37. The molecule has 0 unspecified atom stereocenters. The van der Waals surface area contributed by atoms with Crippen LogP contribution in [0.5, 0.6) is 0 Å². The topological polar surface area (TPSA) is 127 Å². The minimum Gasteiger partial charge on any atom is -0.483 e. The molecule has 1 aromatic carbocycles. The molecule has 37 heavy (non-hydrogen) atoms. The highest BCUT2D eigenvalue weighted by Crippen LogP contribution is 2.37. The van der Waals surface area contributed by atoms with Crippen LogP contribution in [0, 0.1) is 13.8 Å². The summed E-state index contributed by atoms with van der Waals surface area (Å²) in [5.74, 6) is -0.195. The number of carbonyl (C=O) groups is 2. The lowest BCUT2D eigenvalue weighted by atomic mass is 10.1. The average molecular weight is 544 g/mol. The van der Waals surface area contributed by atoms with Gasteiger partial charge in [-0.25, -0.2) is 9.78 Å². The molecule has 1 saturated heterocycles. The number of hydrogen-bond donors (Lipinski definition) is 2. The number of nitrogens with one attached hydrogen (secondary N) is 1. The number of benzene rings is 1. The zero-order valence-corrected chi connectivity index (χ0v) is 22.5. The van der Waals surface area contributed by atoms with E-state index in [0.29, 0.717) is 30.5 Å². The summed E-state index contributed by atoms with van der Waals surface area (Å²) in [7, 11) is 0. The molecule has 2 aromatic heterocycles. The normalized spacial score (nSPS) is 16.0. The maximum absolute atomic E-state index is 13.6. The first-order valence-electron chi connectivity index (χ1n) is 11.8. The van der Waals surface area contributed by atoms with Crippen molar-refractivity contribution < 1.29 is 14.7 Å². The number of nitrogens with zero attached hydrogens (tertiary/aromatic N) is 4. The average Bonchev–Trinajstić information content (AvgIpc) is 3.49. The SMILES string of the molecule is C=CC(=O)N1CC(n2c(=O)c3cc(SNC4(C)CC4)ccc3n(Cc3sc(C)nc3C)c2=O)C1.O=CO. The van der Waals surface area contributed by atoms with Crippen LogP contribution in [-0.4, -0.2) is 55.1 Å². The van der Waals surface area contributed by atoms with Crippen molar-refractivity contribution in [3.8, 4) is 0 Å². The number of rotatable bonds is 7. The molecule has 2 N–H and O–H groups in total. The van der Waals surface area contributed by atoms with Gasteiger partial charge in [0.15, 0.2) is 0 Å². The molecule has 1 aliphatic carbocycles. The molecular formula is C25H29N5O5S2. The van der Waals surface area contributed by atoms with Gasteiger partial charge in [0.05, 0.1) is 34.2 Å². The van der Waals surface area contributed by atoms with Crippen LogP contribution in [0.15, 0.2) is 45.3 Å². The van der Waals surface area contributed by atoms with Crippen molar-refractivity contribution in [3.63, 3.8) is 0 Å².